The number of rotatable bonds is 4. The number of aldehydes is 1. The van der Waals surface area contributed by atoms with Gasteiger partial charge >= 0.3 is 0 Å². The Morgan fingerprint density at radius 3 is 2.88 bits per heavy atom. The number of anilines is 1. The van der Waals surface area contributed by atoms with Crippen LogP contribution in [0.3, 0.4) is 0 Å². The molecule has 0 saturated carbocycles. The van der Waals surface area contributed by atoms with Gasteiger partial charge in [0.1, 0.15) is 0 Å². The van der Waals surface area contributed by atoms with Gasteiger partial charge in [-0.15, -0.1) is 0 Å². The Hall–Kier alpha value is -1.20. The number of hydrogen-bond donors (Lipinski definition) is 0. The molecule has 2 aromatic rings. The van der Waals surface area contributed by atoms with E-state index in [9.17, 15) is 4.79 Å². The van der Waals surface area contributed by atoms with Crippen LogP contribution in [0.25, 0.3) is 0 Å². The maximum atomic E-state index is 10.6. The highest BCUT2D eigenvalue weighted by Crippen LogP contribution is 2.24. The minimum atomic E-state index is 0.652. The van der Waals surface area contributed by atoms with Gasteiger partial charge in [0.25, 0.3) is 0 Å². The molecule has 5 heteroatoms. The summed E-state index contributed by atoms with van der Waals surface area (Å²) < 4.78 is 1.08. The highest BCUT2D eigenvalue weighted by atomic mass is 79.9. The monoisotopic (exact) mass is 310 g/mol. The van der Waals surface area contributed by atoms with Gasteiger partial charge in [-0.25, -0.2) is 4.98 Å². The van der Waals surface area contributed by atoms with Crippen molar-refractivity contribution in [1.82, 2.24) is 4.98 Å². The van der Waals surface area contributed by atoms with Crippen molar-refractivity contribution in [1.29, 1.82) is 0 Å². The molecular formula is C12H11BrN2OS. The lowest BCUT2D eigenvalue weighted by Crippen LogP contribution is -2.16. The first-order valence-corrected chi connectivity index (χ1v) is 6.67. The standard InChI is InChI=1S/C12H11BrN2OS/c1-15(12-14-6-10(8-16)17-12)7-9-4-2-3-5-11(9)13/h2-6,8H,7H2,1H3. The second-order valence-electron chi connectivity index (χ2n) is 3.61. The first-order valence-electron chi connectivity index (χ1n) is 5.06. The van der Waals surface area contributed by atoms with Crippen LogP contribution in [0.1, 0.15) is 15.2 Å². The summed E-state index contributed by atoms with van der Waals surface area (Å²) in [4.78, 5) is 17.5. The average molecular weight is 311 g/mol. The van der Waals surface area contributed by atoms with Gasteiger partial charge in [-0.3, -0.25) is 4.79 Å². The maximum Gasteiger partial charge on any atom is 0.185 e. The van der Waals surface area contributed by atoms with Gasteiger partial charge < -0.3 is 4.90 Å². The molecule has 0 aliphatic heterocycles. The Morgan fingerprint density at radius 1 is 1.47 bits per heavy atom. The molecule has 0 N–H and O–H groups in total. The number of halogens is 1. The molecule has 2 rings (SSSR count). The van der Waals surface area contributed by atoms with Gasteiger partial charge in [0.05, 0.1) is 11.1 Å². The first kappa shape index (κ1) is 12.3. The number of carbonyl (C=O) groups is 1. The van der Waals surface area contributed by atoms with Crippen molar-refractivity contribution in [2.24, 2.45) is 0 Å². The molecule has 3 nitrogen and oxygen atoms in total. The molecule has 1 aromatic carbocycles. The summed E-state index contributed by atoms with van der Waals surface area (Å²) in [5.41, 5.74) is 1.19. The van der Waals surface area contributed by atoms with Gasteiger partial charge in [-0.2, -0.15) is 0 Å². The Labute approximate surface area is 112 Å². The van der Waals surface area contributed by atoms with Crippen LogP contribution in [-0.2, 0) is 6.54 Å². The molecule has 1 aromatic heterocycles. The third-order valence-electron chi connectivity index (χ3n) is 2.32. The minimum absolute atomic E-state index is 0.652. The van der Waals surface area contributed by atoms with Gasteiger partial charge in [-0.05, 0) is 11.6 Å². The lowest BCUT2D eigenvalue weighted by atomic mass is 10.2. The van der Waals surface area contributed by atoms with Crippen molar-refractivity contribution in [3.05, 3.63) is 45.4 Å². The second kappa shape index (κ2) is 5.42. The smallest absolute Gasteiger partial charge is 0.185 e. The summed E-state index contributed by atoms with van der Waals surface area (Å²) in [6.45, 7) is 0.757. The molecule has 0 bridgehead atoms. The van der Waals surface area contributed by atoms with Crippen LogP contribution in [0, 0.1) is 0 Å². The maximum absolute atomic E-state index is 10.6. The van der Waals surface area contributed by atoms with Crippen molar-refractivity contribution < 1.29 is 4.79 Å². The Kier molecular flexibility index (Phi) is 3.91. The van der Waals surface area contributed by atoms with Crippen molar-refractivity contribution >= 4 is 38.7 Å². The Morgan fingerprint density at radius 2 is 2.24 bits per heavy atom. The van der Waals surface area contributed by atoms with E-state index < -0.39 is 0 Å². The molecule has 0 fully saturated rings. The molecule has 0 atom stereocenters. The minimum Gasteiger partial charge on any atom is -0.347 e. The van der Waals surface area contributed by atoms with Crippen molar-refractivity contribution in [2.45, 2.75) is 6.54 Å². The molecule has 0 amide bonds. The SMILES string of the molecule is CN(Cc1ccccc1Br)c1ncc(C=O)s1. The number of aromatic nitrogens is 1. The number of hydrogen-bond acceptors (Lipinski definition) is 4. The first-order chi connectivity index (χ1) is 8.20. The van der Waals surface area contributed by atoms with E-state index in [2.05, 4.69) is 27.0 Å². The zero-order chi connectivity index (χ0) is 12.3. The molecule has 17 heavy (non-hydrogen) atoms. The van der Waals surface area contributed by atoms with Crippen LogP contribution >= 0.6 is 27.3 Å². The predicted octanol–water partition coefficient (Wildman–Crippen LogP) is 3.35. The van der Waals surface area contributed by atoms with Crippen LogP contribution < -0.4 is 4.90 Å². The van der Waals surface area contributed by atoms with E-state index in [4.69, 9.17) is 0 Å². The Bertz CT molecular complexity index is 527. The quantitative estimate of drug-likeness (QED) is 0.812. The number of thiazole rings is 1. The number of nitrogens with zero attached hydrogens (tertiary/aromatic N) is 2. The third kappa shape index (κ3) is 2.92. The van der Waals surface area contributed by atoms with E-state index in [-0.39, 0.29) is 0 Å². The summed E-state index contributed by atoms with van der Waals surface area (Å²) in [5, 5.41) is 0.850. The van der Waals surface area contributed by atoms with Gasteiger partial charge in [0.15, 0.2) is 11.4 Å². The van der Waals surface area contributed by atoms with Crippen LogP contribution in [0.2, 0.25) is 0 Å². The predicted molar refractivity (Wildman–Crippen MR) is 73.8 cm³/mol. The third-order valence-corrected chi connectivity index (χ3v) is 4.13. The molecule has 0 aliphatic rings. The molecular weight excluding hydrogens is 300 g/mol. The normalized spacial score (nSPS) is 10.2. The van der Waals surface area contributed by atoms with Gasteiger partial charge in [-0.1, -0.05) is 45.5 Å². The van der Waals surface area contributed by atoms with Crippen LogP contribution in [-0.4, -0.2) is 18.3 Å². The van der Waals surface area contributed by atoms with Crippen molar-refractivity contribution in [2.75, 3.05) is 11.9 Å². The van der Waals surface area contributed by atoms with E-state index >= 15 is 0 Å². The summed E-state index contributed by atoms with van der Waals surface area (Å²) >= 11 is 4.91. The summed E-state index contributed by atoms with van der Waals surface area (Å²) in [6, 6.07) is 8.07. The second-order valence-corrected chi connectivity index (χ2v) is 5.51. The summed E-state index contributed by atoms with van der Waals surface area (Å²) in [7, 11) is 1.97. The fraction of sp³-hybridized carbons (Fsp3) is 0.167. The largest absolute Gasteiger partial charge is 0.347 e. The highest BCUT2D eigenvalue weighted by molar-refractivity contribution is 9.10. The van der Waals surface area contributed by atoms with E-state index in [1.807, 2.05) is 30.1 Å². The van der Waals surface area contributed by atoms with E-state index in [0.717, 1.165) is 22.4 Å². The van der Waals surface area contributed by atoms with Crippen LogP contribution in [0.4, 0.5) is 5.13 Å². The highest BCUT2D eigenvalue weighted by Gasteiger charge is 2.08. The fourth-order valence-corrected chi connectivity index (χ4v) is 2.56. The van der Waals surface area contributed by atoms with Crippen LogP contribution in [0.15, 0.2) is 34.9 Å². The zero-order valence-electron chi connectivity index (χ0n) is 9.26. The average Bonchev–Trinajstić information content (AvgIpc) is 2.81. The van der Waals surface area contributed by atoms with Crippen LogP contribution in [0.5, 0.6) is 0 Å². The molecule has 0 spiro atoms. The van der Waals surface area contributed by atoms with Gasteiger partial charge in [0.2, 0.25) is 0 Å². The molecule has 0 unspecified atom stereocenters. The zero-order valence-corrected chi connectivity index (χ0v) is 11.7. The summed E-state index contributed by atoms with van der Waals surface area (Å²) in [6.07, 6.45) is 2.43. The number of carbonyl (C=O) groups excluding carboxylic acids is 1. The van der Waals surface area contributed by atoms with Crippen molar-refractivity contribution in [3.63, 3.8) is 0 Å². The van der Waals surface area contributed by atoms with Crippen molar-refractivity contribution in [3.8, 4) is 0 Å². The fourth-order valence-electron chi connectivity index (χ4n) is 1.46. The Balaban J connectivity index is 2.14. The lowest BCUT2D eigenvalue weighted by Gasteiger charge is -2.16. The molecule has 0 saturated heterocycles. The molecule has 0 aliphatic carbocycles. The number of benzene rings is 1. The topological polar surface area (TPSA) is 33.2 Å². The van der Waals surface area contributed by atoms with E-state index in [1.165, 1.54) is 16.9 Å². The molecule has 1 heterocycles. The van der Waals surface area contributed by atoms with E-state index in [1.54, 1.807) is 6.20 Å². The van der Waals surface area contributed by atoms with Gasteiger partial charge in [0, 0.05) is 18.1 Å². The van der Waals surface area contributed by atoms with E-state index in [0.29, 0.717) is 4.88 Å². The molecule has 0 radical (unpaired) electrons. The summed E-state index contributed by atoms with van der Waals surface area (Å²) in [5.74, 6) is 0. The molecule has 88 valence electrons. The lowest BCUT2D eigenvalue weighted by molar-refractivity contribution is 0.112.